The maximum atomic E-state index is 13.3. The Hall–Kier alpha value is -2.63. The maximum absolute atomic E-state index is 13.3. The molecule has 186 valence electrons. The molecule has 2 saturated heterocycles. The van der Waals surface area contributed by atoms with Crippen molar-refractivity contribution < 1.29 is 27.2 Å². The highest BCUT2D eigenvalue weighted by atomic mass is 32.2. The number of piperazine rings is 1. The Morgan fingerprint density at radius 1 is 1.12 bits per heavy atom. The highest BCUT2D eigenvalue weighted by molar-refractivity contribution is 7.89. The molecule has 34 heavy (non-hydrogen) atoms. The number of methoxy groups -OCH3 is 2. The maximum Gasteiger partial charge on any atom is 0.248 e. The van der Waals surface area contributed by atoms with E-state index >= 15 is 0 Å². The van der Waals surface area contributed by atoms with Gasteiger partial charge in [-0.2, -0.15) is 4.31 Å². The molecule has 2 fully saturated rings. The molecule has 0 radical (unpaired) electrons. The lowest BCUT2D eigenvalue weighted by atomic mass is 10.0. The summed E-state index contributed by atoms with van der Waals surface area (Å²) in [6.07, 6.45) is 1.78. The van der Waals surface area contributed by atoms with Gasteiger partial charge in [-0.3, -0.25) is 9.69 Å². The minimum Gasteiger partial charge on any atom is -0.497 e. The molecular formula is C23H32N4O6S. The van der Waals surface area contributed by atoms with Crippen LogP contribution in [0.2, 0.25) is 0 Å². The molecule has 0 N–H and O–H groups in total. The van der Waals surface area contributed by atoms with Crippen LogP contribution >= 0.6 is 0 Å². The van der Waals surface area contributed by atoms with E-state index in [-0.39, 0.29) is 23.4 Å². The summed E-state index contributed by atoms with van der Waals surface area (Å²) >= 11 is 0. The van der Waals surface area contributed by atoms with Crippen LogP contribution in [0.1, 0.15) is 35.9 Å². The van der Waals surface area contributed by atoms with E-state index in [1.807, 2.05) is 28.0 Å². The molecule has 1 aromatic carbocycles. The number of nitrogens with zero attached hydrogens (tertiary/aromatic N) is 4. The first-order valence-corrected chi connectivity index (χ1v) is 12.9. The Morgan fingerprint density at radius 3 is 2.47 bits per heavy atom. The van der Waals surface area contributed by atoms with Crippen LogP contribution in [0.3, 0.4) is 0 Å². The van der Waals surface area contributed by atoms with Crippen molar-refractivity contribution in [1.82, 2.24) is 19.3 Å². The number of carbonyl (C=O) groups is 1. The van der Waals surface area contributed by atoms with Gasteiger partial charge in [0.05, 0.1) is 26.8 Å². The molecular weight excluding hydrogens is 460 g/mol. The third-order valence-corrected chi connectivity index (χ3v) is 8.77. The van der Waals surface area contributed by atoms with Crippen LogP contribution in [0.5, 0.6) is 11.5 Å². The molecule has 4 rings (SSSR count). The fourth-order valence-electron chi connectivity index (χ4n) is 4.87. The molecule has 3 heterocycles. The minimum absolute atomic E-state index is 0.0365. The number of rotatable bonds is 7. The molecule has 0 spiro atoms. The summed E-state index contributed by atoms with van der Waals surface area (Å²) in [7, 11) is -0.430. The Morgan fingerprint density at radius 2 is 1.85 bits per heavy atom. The fraction of sp³-hybridized carbons (Fsp3) is 0.565. The van der Waals surface area contributed by atoms with Gasteiger partial charge in [0, 0.05) is 38.3 Å². The van der Waals surface area contributed by atoms with E-state index in [0.29, 0.717) is 44.2 Å². The largest absolute Gasteiger partial charge is 0.497 e. The molecule has 1 amide bonds. The van der Waals surface area contributed by atoms with E-state index < -0.39 is 10.0 Å². The second-order valence-electron chi connectivity index (χ2n) is 8.69. The van der Waals surface area contributed by atoms with Crippen LogP contribution in [0.4, 0.5) is 0 Å². The van der Waals surface area contributed by atoms with Gasteiger partial charge in [-0.1, -0.05) is 5.16 Å². The van der Waals surface area contributed by atoms with Gasteiger partial charge in [0.15, 0.2) is 5.76 Å². The highest BCUT2D eigenvalue weighted by Crippen LogP contribution is 2.39. The number of ether oxygens (including phenoxy) is 2. The Kier molecular flexibility index (Phi) is 7.15. The van der Waals surface area contributed by atoms with Crippen molar-refractivity contribution in [3.63, 3.8) is 0 Å². The van der Waals surface area contributed by atoms with Crippen LogP contribution < -0.4 is 9.47 Å². The number of likely N-dealkylation sites (tertiary alicyclic amines) is 1. The highest BCUT2D eigenvalue weighted by Gasteiger charge is 2.36. The van der Waals surface area contributed by atoms with E-state index in [0.717, 1.165) is 29.9 Å². The molecule has 11 heteroatoms. The normalized spacial score (nSPS) is 20.0. The van der Waals surface area contributed by atoms with Crippen molar-refractivity contribution in [3.05, 3.63) is 35.2 Å². The van der Waals surface area contributed by atoms with Gasteiger partial charge in [0.1, 0.15) is 22.1 Å². The van der Waals surface area contributed by atoms with Gasteiger partial charge in [0.25, 0.3) is 0 Å². The smallest absolute Gasteiger partial charge is 0.248 e. The summed E-state index contributed by atoms with van der Waals surface area (Å²) < 4.78 is 43.5. The predicted octanol–water partition coefficient (Wildman–Crippen LogP) is 1.98. The first-order valence-electron chi connectivity index (χ1n) is 11.4. The number of benzene rings is 1. The molecule has 0 saturated carbocycles. The molecule has 2 aliphatic rings. The average molecular weight is 493 g/mol. The van der Waals surface area contributed by atoms with Crippen molar-refractivity contribution in [3.8, 4) is 11.5 Å². The predicted molar refractivity (Wildman–Crippen MR) is 124 cm³/mol. The monoisotopic (exact) mass is 492 g/mol. The van der Waals surface area contributed by atoms with Crippen molar-refractivity contribution >= 4 is 15.9 Å². The molecule has 0 bridgehead atoms. The van der Waals surface area contributed by atoms with Crippen LogP contribution in [0.15, 0.2) is 27.6 Å². The Labute approximate surface area is 200 Å². The van der Waals surface area contributed by atoms with Crippen molar-refractivity contribution in [2.45, 2.75) is 37.6 Å². The lowest BCUT2D eigenvalue weighted by Gasteiger charge is -2.35. The zero-order valence-corrected chi connectivity index (χ0v) is 20.9. The van der Waals surface area contributed by atoms with E-state index in [2.05, 4.69) is 5.16 Å². The van der Waals surface area contributed by atoms with E-state index in [4.69, 9.17) is 14.0 Å². The summed E-state index contributed by atoms with van der Waals surface area (Å²) in [5, 5.41) is 3.77. The summed E-state index contributed by atoms with van der Waals surface area (Å²) in [5.74, 6) is 1.80. The van der Waals surface area contributed by atoms with Gasteiger partial charge in [0.2, 0.25) is 15.9 Å². The topological polar surface area (TPSA) is 105 Å². The number of carbonyl (C=O) groups excluding carboxylic acids is 1. The quantitative estimate of drug-likeness (QED) is 0.578. The first kappa shape index (κ1) is 24.5. The van der Waals surface area contributed by atoms with Gasteiger partial charge in [-0.25, -0.2) is 8.42 Å². The molecule has 0 aliphatic carbocycles. The van der Waals surface area contributed by atoms with Crippen molar-refractivity contribution in [1.29, 1.82) is 0 Å². The molecule has 1 aromatic heterocycles. The Balaban J connectivity index is 1.40. The summed E-state index contributed by atoms with van der Waals surface area (Å²) in [6, 6.07) is 5.58. The SMILES string of the molecule is COc1ccc(OC)c([C@@H]2CCCN2C(=O)CN2CCN(S(=O)(=O)c3c(C)noc3C)CC2)c1. The van der Waals surface area contributed by atoms with Crippen LogP contribution in [-0.4, -0.2) is 87.1 Å². The zero-order valence-electron chi connectivity index (χ0n) is 20.1. The molecule has 1 atom stereocenters. The summed E-state index contributed by atoms with van der Waals surface area (Å²) in [6.45, 7) is 5.75. The van der Waals surface area contributed by atoms with Crippen molar-refractivity contribution in [2.75, 3.05) is 53.5 Å². The lowest BCUT2D eigenvalue weighted by Crippen LogP contribution is -2.51. The van der Waals surface area contributed by atoms with Gasteiger partial charge in [-0.05, 0) is 44.9 Å². The third-order valence-electron chi connectivity index (χ3n) is 6.62. The van der Waals surface area contributed by atoms with E-state index in [1.54, 1.807) is 28.1 Å². The third kappa shape index (κ3) is 4.64. The number of amides is 1. The van der Waals surface area contributed by atoms with E-state index in [1.165, 1.54) is 4.31 Å². The minimum atomic E-state index is -3.68. The second kappa shape index (κ2) is 9.93. The van der Waals surface area contributed by atoms with Crippen LogP contribution in [0, 0.1) is 13.8 Å². The number of aryl methyl sites for hydroxylation is 2. The lowest BCUT2D eigenvalue weighted by molar-refractivity contribution is -0.133. The summed E-state index contributed by atoms with van der Waals surface area (Å²) in [4.78, 5) is 17.3. The number of hydrogen-bond donors (Lipinski definition) is 0. The van der Waals surface area contributed by atoms with Crippen LogP contribution in [-0.2, 0) is 14.8 Å². The zero-order chi connectivity index (χ0) is 24.5. The van der Waals surface area contributed by atoms with Gasteiger partial charge < -0.3 is 18.9 Å². The van der Waals surface area contributed by atoms with Gasteiger partial charge >= 0.3 is 0 Å². The Bertz CT molecular complexity index is 1120. The second-order valence-corrected chi connectivity index (χ2v) is 10.6. The average Bonchev–Trinajstić information content (AvgIpc) is 3.45. The molecule has 10 nitrogen and oxygen atoms in total. The molecule has 2 aliphatic heterocycles. The standard InChI is InChI=1S/C23H32N4O6S/c1-16-23(17(2)33-24-16)34(29,30)26-12-10-25(11-13-26)15-22(28)27-9-5-6-20(27)19-14-18(31-3)7-8-21(19)32-4/h7-8,14,20H,5-6,9-13,15H2,1-4H3/t20-/m0/s1. The fourth-order valence-corrected chi connectivity index (χ4v) is 6.58. The molecule has 2 aromatic rings. The van der Waals surface area contributed by atoms with Crippen molar-refractivity contribution in [2.24, 2.45) is 0 Å². The summed E-state index contributed by atoms with van der Waals surface area (Å²) in [5.41, 5.74) is 1.31. The van der Waals surface area contributed by atoms with Crippen LogP contribution in [0.25, 0.3) is 0 Å². The van der Waals surface area contributed by atoms with Gasteiger partial charge in [-0.15, -0.1) is 0 Å². The number of aromatic nitrogens is 1. The first-order chi connectivity index (χ1) is 16.3. The molecule has 0 unspecified atom stereocenters. The number of sulfonamides is 1. The number of hydrogen-bond acceptors (Lipinski definition) is 8. The van der Waals surface area contributed by atoms with E-state index in [9.17, 15) is 13.2 Å².